The zero-order valence-electron chi connectivity index (χ0n) is 9.09. The first kappa shape index (κ1) is 10.8. The van der Waals surface area contributed by atoms with E-state index in [4.69, 9.17) is 5.73 Å². The Balaban J connectivity index is 3.00. The van der Waals surface area contributed by atoms with Crippen LogP contribution >= 0.6 is 0 Å². The lowest BCUT2D eigenvalue weighted by Gasteiger charge is -2.08. The Morgan fingerprint density at radius 1 is 1.29 bits per heavy atom. The Morgan fingerprint density at radius 2 is 1.93 bits per heavy atom. The predicted molar refractivity (Wildman–Crippen MR) is 61.0 cm³/mol. The van der Waals surface area contributed by atoms with E-state index >= 15 is 0 Å². The molecule has 0 saturated heterocycles. The van der Waals surface area contributed by atoms with Crippen LogP contribution in [0.3, 0.4) is 0 Å². The summed E-state index contributed by atoms with van der Waals surface area (Å²) < 4.78 is 0. The van der Waals surface area contributed by atoms with E-state index < -0.39 is 5.54 Å². The van der Waals surface area contributed by atoms with Crippen LogP contribution < -0.4 is 5.73 Å². The van der Waals surface area contributed by atoms with Crippen molar-refractivity contribution in [1.82, 2.24) is 0 Å². The van der Waals surface area contributed by atoms with Crippen molar-refractivity contribution in [1.29, 1.82) is 0 Å². The van der Waals surface area contributed by atoms with Crippen LogP contribution in [0, 0.1) is 11.8 Å². The van der Waals surface area contributed by atoms with E-state index in [0.29, 0.717) is 0 Å². The van der Waals surface area contributed by atoms with Crippen LogP contribution in [-0.2, 0) is 6.42 Å². The fourth-order valence-electron chi connectivity index (χ4n) is 1.18. The van der Waals surface area contributed by atoms with Crippen molar-refractivity contribution < 1.29 is 0 Å². The summed E-state index contributed by atoms with van der Waals surface area (Å²) in [6, 6.07) is 8.19. The van der Waals surface area contributed by atoms with Crippen LogP contribution in [0.4, 0.5) is 0 Å². The molecule has 0 heterocycles. The molecule has 0 spiro atoms. The van der Waals surface area contributed by atoms with Gasteiger partial charge in [-0.3, -0.25) is 0 Å². The van der Waals surface area contributed by atoms with E-state index in [9.17, 15) is 0 Å². The summed E-state index contributed by atoms with van der Waals surface area (Å²) in [5.41, 5.74) is 7.76. The summed E-state index contributed by atoms with van der Waals surface area (Å²) in [6.45, 7) is 5.96. The standard InChI is InChI=1S/C13H17N/c1-4-11-7-5-6-8-12(11)9-10-13(2,3)14/h5-8H,4,14H2,1-3H3. The minimum Gasteiger partial charge on any atom is -0.316 e. The fraction of sp³-hybridized carbons (Fsp3) is 0.385. The predicted octanol–water partition coefficient (Wildman–Crippen LogP) is 2.34. The zero-order valence-corrected chi connectivity index (χ0v) is 9.09. The average molecular weight is 187 g/mol. The largest absolute Gasteiger partial charge is 0.316 e. The van der Waals surface area contributed by atoms with Crippen molar-refractivity contribution in [3.63, 3.8) is 0 Å². The van der Waals surface area contributed by atoms with Crippen molar-refractivity contribution in [2.45, 2.75) is 32.7 Å². The number of rotatable bonds is 1. The maximum absolute atomic E-state index is 5.80. The molecular formula is C13H17N. The average Bonchev–Trinajstić information content (AvgIpc) is 2.14. The third-order valence-corrected chi connectivity index (χ3v) is 1.92. The van der Waals surface area contributed by atoms with Crippen molar-refractivity contribution in [3.8, 4) is 11.8 Å². The molecule has 0 aromatic heterocycles. The highest BCUT2D eigenvalue weighted by atomic mass is 14.7. The lowest BCUT2D eigenvalue weighted by Crippen LogP contribution is -2.29. The van der Waals surface area contributed by atoms with Gasteiger partial charge in [0, 0.05) is 5.56 Å². The summed E-state index contributed by atoms with van der Waals surface area (Å²) in [5.74, 6) is 6.17. The van der Waals surface area contributed by atoms with Crippen molar-refractivity contribution in [3.05, 3.63) is 35.4 Å². The lowest BCUT2D eigenvalue weighted by atomic mass is 10.0. The molecule has 0 unspecified atom stereocenters. The highest BCUT2D eigenvalue weighted by Gasteiger charge is 2.04. The minimum absolute atomic E-state index is 0.416. The molecule has 0 atom stereocenters. The van der Waals surface area contributed by atoms with Crippen LogP contribution in [-0.4, -0.2) is 5.54 Å². The van der Waals surface area contributed by atoms with Gasteiger partial charge in [-0.25, -0.2) is 0 Å². The first-order valence-electron chi connectivity index (χ1n) is 4.93. The summed E-state index contributed by atoms with van der Waals surface area (Å²) in [5, 5.41) is 0. The lowest BCUT2D eigenvalue weighted by molar-refractivity contribution is 0.680. The maximum atomic E-state index is 5.80. The molecule has 0 radical (unpaired) electrons. The fourth-order valence-corrected chi connectivity index (χ4v) is 1.18. The van der Waals surface area contributed by atoms with E-state index in [1.54, 1.807) is 0 Å². The first-order chi connectivity index (χ1) is 6.53. The minimum atomic E-state index is -0.416. The molecule has 1 aromatic rings. The quantitative estimate of drug-likeness (QED) is 0.671. The molecule has 1 heteroatoms. The Morgan fingerprint density at radius 3 is 2.50 bits per heavy atom. The SMILES string of the molecule is CCc1ccccc1C#CC(C)(C)N. The zero-order chi connectivity index (χ0) is 10.6. The topological polar surface area (TPSA) is 26.0 Å². The Hall–Kier alpha value is -1.26. The molecule has 0 amide bonds. The molecule has 1 rings (SSSR count). The molecule has 2 N–H and O–H groups in total. The molecule has 1 nitrogen and oxygen atoms in total. The molecule has 0 aliphatic carbocycles. The number of benzene rings is 1. The van der Waals surface area contributed by atoms with Gasteiger partial charge in [0.15, 0.2) is 0 Å². The van der Waals surface area contributed by atoms with Crippen molar-refractivity contribution in [2.24, 2.45) is 5.73 Å². The van der Waals surface area contributed by atoms with E-state index in [1.807, 2.05) is 32.0 Å². The Bertz CT molecular complexity index is 361. The van der Waals surface area contributed by atoms with Crippen molar-refractivity contribution >= 4 is 0 Å². The van der Waals surface area contributed by atoms with Gasteiger partial charge in [0.2, 0.25) is 0 Å². The van der Waals surface area contributed by atoms with Crippen LogP contribution in [0.25, 0.3) is 0 Å². The molecule has 14 heavy (non-hydrogen) atoms. The third kappa shape index (κ3) is 3.24. The Kier molecular flexibility index (Phi) is 3.33. The number of nitrogens with two attached hydrogens (primary N) is 1. The van der Waals surface area contributed by atoms with Gasteiger partial charge in [-0.1, -0.05) is 37.0 Å². The highest BCUT2D eigenvalue weighted by molar-refractivity contribution is 5.42. The number of aryl methyl sites for hydroxylation is 1. The number of hydrogen-bond donors (Lipinski definition) is 1. The molecule has 74 valence electrons. The molecular weight excluding hydrogens is 170 g/mol. The van der Waals surface area contributed by atoms with Crippen LogP contribution in [0.15, 0.2) is 24.3 Å². The summed E-state index contributed by atoms with van der Waals surface area (Å²) in [7, 11) is 0. The summed E-state index contributed by atoms with van der Waals surface area (Å²) in [4.78, 5) is 0. The van der Waals surface area contributed by atoms with Gasteiger partial charge in [-0.2, -0.15) is 0 Å². The molecule has 0 aliphatic heterocycles. The van der Waals surface area contributed by atoms with Gasteiger partial charge in [-0.05, 0) is 31.9 Å². The maximum Gasteiger partial charge on any atom is 0.0722 e. The van der Waals surface area contributed by atoms with E-state index in [-0.39, 0.29) is 0 Å². The monoisotopic (exact) mass is 187 g/mol. The summed E-state index contributed by atoms with van der Waals surface area (Å²) in [6.07, 6.45) is 1.01. The van der Waals surface area contributed by atoms with Gasteiger partial charge in [0.25, 0.3) is 0 Å². The smallest absolute Gasteiger partial charge is 0.0722 e. The van der Waals surface area contributed by atoms with Crippen LogP contribution in [0.5, 0.6) is 0 Å². The first-order valence-corrected chi connectivity index (χ1v) is 4.93. The van der Waals surface area contributed by atoms with Crippen molar-refractivity contribution in [2.75, 3.05) is 0 Å². The van der Waals surface area contributed by atoms with E-state index in [0.717, 1.165) is 12.0 Å². The Labute approximate surface area is 86.3 Å². The van der Waals surface area contributed by atoms with E-state index in [1.165, 1.54) is 5.56 Å². The molecule has 0 bridgehead atoms. The van der Waals surface area contributed by atoms with Gasteiger partial charge in [0.05, 0.1) is 5.54 Å². The highest BCUT2D eigenvalue weighted by Crippen LogP contribution is 2.08. The molecule has 1 aromatic carbocycles. The summed E-state index contributed by atoms with van der Waals surface area (Å²) >= 11 is 0. The second-order valence-corrected chi connectivity index (χ2v) is 3.98. The molecule has 0 saturated carbocycles. The normalized spacial score (nSPS) is 10.6. The molecule has 0 aliphatic rings. The van der Waals surface area contributed by atoms with Gasteiger partial charge < -0.3 is 5.73 Å². The van der Waals surface area contributed by atoms with Gasteiger partial charge >= 0.3 is 0 Å². The second kappa shape index (κ2) is 4.30. The van der Waals surface area contributed by atoms with E-state index in [2.05, 4.69) is 24.8 Å². The second-order valence-electron chi connectivity index (χ2n) is 3.98. The van der Waals surface area contributed by atoms with Crippen LogP contribution in [0.2, 0.25) is 0 Å². The molecule has 0 fully saturated rings. The van der Waals surface area contributed by atoms with Gasteiger partial charge in [-0.15, -0.1) is 0 Å². The van der Waals surface area contributed by atoms with Gasteiger partial charge in [0.1, 0.15) is 0 Å². The number of hydrogen-bond acceptors (Lipinski definition) is 1. The van der Waals surface area contributed by atoms with Crippen LogP contribution in [0.1, 0.15) is 31.9 Å². The third-order valence-electron chi connectivity index (χ3n) is 1.92.